The van der Waals surface area contributed by atoms with Crippen molar-refractivity contribution < 1.29 is 14.3 Å². The number of ether oxygens (including phenoxy) is 1. The Morgan fingerprint density at radius 3 is 1.94 bits per heavy atom. The first-order valence-electron chi connectivity index (χ1n) is 12.4. The third-order valence-corrected chi connectivity index (χ3v) is 5.95. The van der Waals surface area contributed by atoms with Gasteiger partial charge in [0.2, 0.25) is 0 Å². The zero-order valence-electron chi connectivity index (χ0n) is 21.0. The normalized spacial score (nSPS) is 15.3. The second kappa shape index (κ2) is 12.1. The summed E-state index contributed by atoms with van der Waals surface area (Å²) in [5.41, 5.74) is 2.34. The number of hydrogen-bond donors (Lipinski definition) is 0. The van der Waals surface area contributed by atoms with Crippen LogP contribution in [-0.4, -0.2) is 34.1 Å². The molecule has 34 heavy (non-hydrogen) atoms. The zero-order chi connectivity index (χ0) is 24.6. The van der Waals surface area contributed by atoms with Crippen molar-refractivity contribution >= 4 is 17.6 Å². The number of carbonyl (C=O) groups excluding carboxylic acids is 2. The number of aliphatic imine (C=N–C) groups is 1. The van der Waals surface area contributed by atoms with E-state index in [0.717, 1.165) is 6.42 Å². The Morgan fingerprint density at radius 2 is 1.50 bits per heavy atom. The molecule has 0 spiro atoms. The third kappa shape index (κ3) is 8.86. The van der Waals surface area contributed by atoms with Gasteiger partial charge in [-0.1, -0.05) is 80.4 Å². The number of amides is 1. The Morgan fingerprint density at radius 1 is 0.971 bits per heavy atom. The van der Waals surface area contributed by atoms with Crippen molar-refractivity contribution in [1.82, 2.24) is 4.90 Å². The summed E-state index contributed by atoms with van der Waals surface area (Å²) >= 11 is 0. The molecule has 0 N–H and O–H groups in total. The highest BCUT2D eigenvalue weighted by Crippen LogP contribution is 2.36. The minimum atomic E-state index is -0.624. The highest BCUT2D eigenvalue weighted by molar-refractivity contribution is 6.06. The topological polar surface area (TPSA) is 59.0 Å². The maximum Gasteiger partial charge on any atom is 0.434 e. The van der Waals surface area contributed by atoms with Crippen LogP contribution in [0.25, 0.3) is 0 Å². The highest BCUT2D eigenvalue weighted by atomic mass is 16.6. The molecule has 0 unspecified atom stereocenters. The second-order valence-electron chi connectivity index (χ2n) is 10.2. The molecule has 0 saturated heterocycles. The maximum absolute atomic E-state index is 13.7. The summed E-state index contributed by atoms with van der Waals surface area (Å²) in [4.78, 5) is 32.4. The molecule has 3 rings (SSSR count). The molecule has 1 aliphatic carbocycles. The predicted octanol–water partition coefficient (Wildman–Crippen LogP) is 6.60. The van der Waals surface area contributed by atoms with Crippen molar-refractivity contribution in [2.75, 3.05) is 0 Å². The minimum absolute atomic E-state index is 0.128. The van der Waals surface area contributed by atoms with E-state index in [1.165, 1.54) is 24.0 Å². The van der Waals surface area contributed by atoms with Crippen LogP contribution in [0.3, 0.4) is 0 Å². The van der Waals surface area contributed by atoms with Gasteiger partial charge in [0.05, 0.1) is 6.04 Å². The summed E-state index contributed by atoms with van der Waals surface area (Å²) in [6.45, 7) is 8.76. The average molecular weight is 463 g/mol. The quantitative estimate of drug-likeness (QED) is 0.353. The highest BCUT2D eigenvalue weighted by Gasteiger charge is 2.33. The molecule has 1 amide bonds. The molecule has 1 atom stereocenters. The van der Waals surface area contributed by atoms with Crippen molar-refractivity contribution in [3.63, 3.8) is 0 Å². The summed E-state index contributed by atoms with van der Waals surface area (Å²) in [5.74, 6) is 0.721. The minimum Gasteiger partial charge on any atom is -0.442 e. The summed E-state index contributed by atoms with van der Waals surface area (Å²) < 4.78 is 5.34. The summed E-state index contributed by atoms with van der Waals surface area (Å²) in [5, 5.41) is 0. The number of ketones is 1. The molecule has 0 aliphatic heterocycles. The molecule has 5 heteroatoms. The maximum atomic E-state index is 13.7. The van der Waals surface area contributed by atoms with Gasteiger partial charge < -0.3 is 4.74 Å². The standard InChI is InChI=1S/C29H38N2O3/c1-5-25(30-28(33)34-29(2,3)4)19-27(32)26(18-22-16-17-22)31(20-23-12-8-6-9-13-23)21-24-14-10-7-11-15-24/h6-15,22,26H,5,16-21H2,1-4H3/t26-/m0/s1. The van der Waals surface area contributed by atoms with Crippen molar-refractivity contribution in [3.8, 4) is 0 Å². The molecule has 2 aromatic rings. The molecule has 0 bridgehead atoms. The molecule has 0 aromatic heterocycles. The van der Waals surface area contributed by atoms with Gasteiger partial charge in [-0.3, -0.25) is 9.69 Å². The number of benzene rings is 2. The Balaban J connectivity index is 1.82. The Labute approximate surface area is 204 Å². The van der Waals surface area contributed by atoms with Crippen molar-refractivity contribution in [3.05, 3.63) is 71.8 Å². The van der Waals surface area contributed by atoms with Crippen molar-refractivity contribution in [1.29, 1.82) is 0 Å². The molecule has 0 heterocycles. The van der Waals surface area contributed by atoms with E-state index in [2.05, 4.69) is 34.2 Å². The van der Waals surface area contributed by atoms with Crippen LogP contribution < -0.4 is 0 Å². The SMILES string of the molecule is CCC(CC(=O)[C@H](CC1CC1)N(Cc1ccccc1)Cc1ccccc1)=NC(=O)OC(C)(C)C. The van der Waals surface area contributed by atoms with Gasteiger partial charge in [-0.25, -0.2) is 4.79 Å². The monoisotopic (exact) mass is 462 g/mol. The van der Waals surface area contributed by atoms with Crippen LogP contribution in [0, 0.1) is 5.92 Å². The molecule has 1 fully saturated rings. The fourth-order valence-corrected chi connectivity index (χ4v) is 4.04. The van der Waals surface area contributed by atoms with Crippen molar-refractivity contribution in [2.45, 2.75) is 84.5 Å². The van der Waals surface area contributed by atoms with Crippen LogP contribution in [0.1, 0.15) is 70.9 Å². The molecule has 182 valence electrons. The summed E-state index contributed by atoms with van der Waals surface area (Å²) in [7, 11) is 0. The molecule has 1 aliphatic rings. The Bertz CT molecular complexity index is 918. The zero-order valence-corrected chi connectivity index (χ0v) is 21.0. The van der Waals surface area contributed by atoms with E-state index in [1.54, 1.807) is 0 Å². The van der Waals surface area contributed by atoms with Crippen LogP contribution >= 0.6 is 0 Å². The molecular weight excluding hydrogens is 424 g/mol. The second-order valence-corrected chi connectivity index (χ2v) is 10.2. The lowest BCUT2D eigenvalue weighted by atomic mass is 9.97. The lowest BCUT2D eigenvalue weighted by Gasteiger charge is -2.31. The van der Waals surface area contributed by atoms with Gasteiger partial charge in [-0.2, -0.15) is 4.99 Å². The average Bonchev–Trinajstić information content (AvgIpc) is 3.61. The van der Waals surface area contributed by atoms with Gasteiger partial charge in [-0.15, -0.1) is 0 Å². The van der Waals surface area contributed by atoms with Gasteiger partial charge in [0.25, 0.3) is 0 Å². The van der Waals surface area contributed by atoms with E-state index in [1.807, 2.05) is 64.1 Å². The summed E-state index contributed by atoms with van der Waals surface area (Å²) in [6, 6.07) is 20.4. The van der Waals surface area contributed by atoms with Gasteiger partial charge in [0.15, 0.2) is 5.78 Å². The number of nitrogens with zero attached hydrogens (tertiary/aromatic N) is 2. The number of carbonyl (C=O) groups is 2. The van der Waals surface area contributed by atoms with E-state index in [4.69, 9.17) is 4.74 Å². The lowest BCUT2D eigenvalue weighted by Crippen LogP contribution is -2.41. The molecule has 2 aromatic carbocycles. The largest absolute Gasteiger partial charge is 0.442 e. The smallest absolute Gasteiger partial charge is 0.434 e. The van der Waals surface area contributed by atoms with E-state index in [9.17, 15) is 9.59 Å². The fraction of sp³-hybridized carbons (Fsp3) is 0.483. The van der Waals surface area contributed by atoms with Crippen LogP contribution in [0.4, 0.5) is 4.79 Å². The van der Waals surface area contributed by atoms with Gasteiger partial charge in [0.1, 0.15) is 5.60 Å². The van der Waals surface area contributed by atoms with Crippen LogP contribution in [-0.2, 0) is 22.6 Å². The molecular formula is C29H38N2O3. The first-order chi connectivity index (χ1) is 16.2. The first-order valence-corrected chi connectivity index (χ1v) is 12.4. The predicted molar refractivity (Wildman–Crippen MR) is 137 cm³/mol. The van der Waals surface area contributed by atoms with Crippen LogP contribution in [0.5, 0.6) is 0 Å². The van der Waals surface area contributed by atoms with E-state index in [-0.39, 0.29) is 18.2 Å². The number of rotatable bonds is 11. The third-order valence-electron chi connectivity index (χ3n) is 5.95. The van der Waals surface area contributed by atoms with Crippen LogP contribution in [0.2, 0.25) is 0 Å². The van der Waals surface area contributed by atoms with Gasteiger partial charge in [0, 0.05) is 25.2 Å². The fourth-order valence-electron chi connectivity index (χ4n) is 4.04. The molecule has 1 saturated carbocycles. The molecule has 0 radical (unpaired) electrons. The Kier molecular flexibility index (Phi) is 9.17. The van der Waals surface area contributed by atoms with E-state index < -0.39 is 11.7 Å². The van der Waals surface area contributed by atoms with Gasteiger partial charge >= 0.3 is 6.09 Å². The van der Waals surface area contributed by atoms with Crippen LogP contribution in [0.15, 0.2) is 65.7 Å². The van der Waals surface area contributed by atoms with E-state index >= 15 is 0 Å². The number of hydrogen-bond acceptors (Lipinski definition) is 4. The lowest BCUT2D eigenvalue weighted by molar-refractivity contribution is -0.124. The van der Waals surface area contributed by atoms with E-state index in [0.29, 0.717) is 31.1 Å². The van der Waals surface area contributed by atoms with Crippen molar-refractivity contribution in [2.24, 2.45) is 10.9 Å². The summed E-state index contributed by atoms with van der Waals surface area (Å²) in [6.07, 6.45) is 3.30. The van der Waals surface area contributed by atoms with Gasteiger partial charge in [-0.05, 0) is 50.7 Å². The Hall–Kier alpha value is -2.79. The first kappa shape index (κ1) is 25.8. The number of Topliss-reactive ketones (excluding diaryl/α,β-unsaturated/α-hetero) is 1. The molecule has 5 nitrogen and oxygen atoms in total.